The summed E-state index contributed by atoms with van der Waals surface area (Å²) in [6, 6.07) is 7.38. The van der Waals surface area contributed by atoms with Crippen molar-refractivity contribution in [3.63, 3.8) is 0 Å². The van der Waals surface area contributed by atoms with E-state index >= 15 is 0 Å². The predicted molar refractivity (Wildman–Crippen MR) is 78.2 cm³/mol. The highest BCUT2D eigenvalue weighted by molar-refractivity contribution is 7.08. The maximum absolute atomic E-state index is 11.7. The van der Waals surface area contributed by atoms with E-state index in [1.54, 1.807) is 29.5 Å². The Morgan fingerprint density at radius 3 is 2.94 bits per heavy atom. The lowest BCUT2D eigenvalue weighted by Crippen LogP contribution is -2.08. The number of rotatable bonds is 3. The minimum atomic E-state index is -0.161. The molecule has 0 aliphatic heterocycles. The van der Waals surface area contributed by atoms with Gasteiger partial charge in [0.1, 0.15) is 0 Å². The molecule has 1 amide bonds. The van der Waals surface area contributed by atoms with Crippen LogP contribution in [0.3, 0.4) is 0 Å². The molecule has 2 aromatic rings. The van der Waals surface area contributed by atoms with Crippen molar-refractivity contribution in [2.24, 2.45) is 0 Å². The van der Waals surface area contributed by atoms with Gasteiger partial charge in [0, 0.05) is 16.8 Å². The number of hydrogen-bond donors (Lipinski definition) is 1. The highest BCUT2D eigenvalue weighted by Gasteiger charge is 2.02. The molecule has 18 heavy (non-hydrogen) atoms. The minimum absolute atomic E-state index is 0.161. The lowest BCUT2D eigenvalue weighted by Gasteiger charge is -2.06. The van der Waals surface area contributed by atoms with Gasteiger partial charge in [0.2, 0.25) is 5.91 Å². The van der Waals surface area contributed by atoms with Crippen LogP contribution in [0.4, 0.5) is 5.69 Å². The highest BCUT2D eigenvalue weighted by Crippen LogP contribution is 2.20. The second-order valence-corrected chi connectivity index (χ2v) is 5.05. The second-order valence-electron chi connectivity index (χ2n) is 3.84. The molecule has 0 aliphatic rings. The number of halogens is 1. The van der Waals surface area contributed by atoms with E-state index in [4.69, 9.17) is 11.6 Å². The van der Waals surface area contributed by atoms with Gasteiger partial charge in [0.25, 0.3) is 0 Å². The molecular weight excluding hydrogens is 266 g/mol. The smallest absolute Gasteiger partial charge is 0.248 e. The molecule has 0 saturated carbocycles. The summed E-state index contributed by atoms with van der Waals surface area (Å²) in [7, 11) is 0. The summed E-state index contributed by atoms with van der Waals surface area (Å²) in [5.41, 5.74) is 2.75. The van der Waals surface area contributed by atoms with Crippen molar-refractivity contribution in [2.45, 2.75) is 6.92 Å². The number of carbonyl (C=O) groups is 1. The van der Waals surface area contributed by atoms with E-state index in [9.17, 15) is 4.79 Å². The van der Waals surface area contributed by atoms with E-state index in [-0.39, 0.29) is 5.91 Å². The fourth-order valence-electron chi connectivity index (χ4n) is 1.45. The molecule has 0 unspecified atom stereocenters. The summed E-state index contributed by atoms with van der Waals surface area (Å²) in [5.74, 6) is -0.161. The predicted octanol–water partition coefficient (Wildman–Crippen LogP) is 4.36. The van der Waals surface area contributed by atoms with Crippen LogP contribution in [0.25, 0.3) is 6.08 Å². The standard InChI is InChI=1S/C14H12ClNOS/c1-10-2-4-12(15)8-13(10)16-14(17)5-3-11-6-7-18-9-11/h2-9H,1H3,(H,16,17)/b5-3+. The van der Waals surface area contributed by atoms with E-state index in [0.29, 0.717) is 5.02 Å². The zero-order valence-electron chi connectivity index (χ0n) is 9.81. The largest absolute Gasteiger partial charge is 0.322 e. The maximum atomic E-state index is 11.7. The molecule has 1 heterocycles. The summed E-state index contributed by atoms with van der Waals surface area (Å²) >= 11 is 7.49. The van der Waals surface area contributed by atoms with E-state index < -0.39 is 0 Å². The van der Waals surface area contributed by atoms with Crippen molar-refractivity contribution in [3.05, 3.63) is 57.3 Å². The summed E-state index contributed by atoms with van der Waals surface area (Å²) < 4.78 is 0. The molecule has 2 rings (SSSR count). The molecule has 0 radical (unpaired) electrons. The molecule has 0 fully saturated rings. The lowest BCUT2D eigenvalue weighted by atomic mass is 10.2. The zero-order valence-corrected chi connectivity index (χ0v) is 11.4. The average molecular weight is 278 g/mol. The van der Waals surface area contributed by atoms with Gasteiger partial charge in [-0.1, -0.05) is 17.7 Å². The second kappa shape index (κ2) is 5.85. The first-order chi connectivity index (χ1) is 8.65. The molecule has 0 saturated heterocycles. The van der Waals surface area contributed by atoms with Crippen molar-refractivity contribution in [1.82, 2.24) is 0 Å². The van der Waals surface area contributed by atoms with Crippen molar-refractivity contribution in [3.8, 4) is 0 Å². The number of anilines is 1. The third kappa shape index (κ3) is 3.45. The molecule has 2 nitrogen and oxygen atoms in total. The summed E-state index contributed by atoms with van der Waals surface area (Å²) in [5, 5.41) is 7.37. The van der Waals surface area contributed by atoms with Gasteiger partial charge in [0.05, 0.1) is 0 Å². The first kappa shape index (κ1) is 12.9. The Morgan fingerprint density at radius 1 is 1.39 bits per heavy atom. The Balaban J connectivity index is 2.05. The van der Waals surface area contributed by atoms with Gasteiger partial charge < -0.3 is 5.32 Å². The summed E-state index contributed by atoms with van der Waals surface area (Å²) in [6.45, 7) is 1.93. The van der Waals surface area contributed by atoms with Crippen LogP contribution in [0.15, 0.2) is 41.1 Å². The zero-order chi connectivity index (χ0) is 13.0. The van der Waals surface area contributed by atoms with E-state index in [2.05, 4.69) is 5.32 Å². The third-order valence-corrected chi connectivity index (χ3v) is 3.36. The number of amides is 1. The topological polar surface area (TPSA) is 29.1 Å². The Hall–Kier alpha value is -1.58. The van der Waals surface area contributed by atoms with Crippen LogP contribution in [0.2, 0.25) is 5.02 Å². The Bertz CT molecular complexity index is 575. The number of hydrogen-bond acceptors (Lipinski definition) is 2. The number of nitrogens with one attached hydrogen (secondary N) is 1. The summed E-state index contributed by atoms with van der Waals surface area (Å²) in [6.07, 6.45) is 3.30. The monoisotopic (exact) mass is 277 g/mol. The van der Waals surface area contributed by atoms with Crippen LogP contribution in [0.1, 0.15) is 11.1 Å². The van der Waals surface area contributed by atoms with Crippen molar-refractivity contribution >= 4 is 40.6 Å². The molecule has 1 aromatic carbocycles. The van der Waals surface area contributed by atoms with E-state index in [1.165, 1.54) is 6.08 Å². The van der Waals surface area contributed by atoms with Crippen LogP contribution in [0.5, 0.6) is 0 Å². The first-order valence-corrected chi connectivity index (χ1v) is 6.74. The molecule has 0 aliphatic carbocycles. The molecule has 1 aromatic heterocycles. The molecular formula is C14H12ClNOS. The number of thiophene rings is 1. The van der Waals surface area contributed by atoms with Gasteiger partial charge >= 0.3 is 0 Å². The molecule has 0 spiro atoms. The average Bonchev–Trinajstić information content (AvgIpc) is 2.84. The summed E-state index contributed by atoms with van der Waals surface area (Å²) in [4.78, 5) is 11.7. The first-order valence-electron chi connectivity index (χ1n) is 5.42. The number of benzene rings is 1. The van der Waals surface area contributed by atoms with Crippen LogP contribution in [0, 0.1) is 6.92 Å². The van der Waals surface area contributed by atoms with Gasteiger partial charge in [-0.2, -0.15) is 11.3 Å². The van der Waals surface area contributed by atoms with Crippen LogP contribution >= 0.6 is 22.9 Å². The molecule has 0 atom stereocenters. The van der Waals surface area contributed by atoms with E-state index in [0.717, 1.165) is 16.8 Å². The van der Waals surface area contributed by atoms with E-state index in [1.807, 2.05) is 29.8 Å². The molecule has 1 N–H and O–H groups in total. The molecule has 4 heteroatoms. The third-order valence-electron chi connectivity index (χ3n) is 2.43. The Labute approximate surface area is 115 Å². The van der Waals surface area contributed by atoms with Crippen molar-refractivity contribution in [2.75, 3.05) is 5.32 Å². The van der Waals surface area contributed by atoms with Crippen molar-refractivity contribution in [1.29, 1.82) is 0 Å². The van der Waals surface area contributed by atoms with Crippen LogP contribution in [-0.4, -0.2) is 5.91 Å². The van der Waals surface area contributed by atoms with Gasteiger partial charge in [-0.25, -0.2) is 0 Å². The lowest BCUT2D eigenvalue weighted by molar-refractivity contribution is -0.111. The number of aryl methyl sites for hydroxylation is 1. The van der Waals surface area contributed by atoms with Crippen molar-refractivity contribution < 1.29 is 4.79 Å². The fourth-order valence-corrected chi connectivity index (χ4v) is 2.25. The minimum Gasteiger partial charge on any atom is -0.322 e. The van der Waals surface area contributed by atoms with Crippen LogP contribution < -0.4 is 5.32 Å². The highest BCUT2D eigenvalue weighted by atomic mass is 35.5. The van der Waals surface area contributed by atoms with Gasteiger partial charge in [-0.3, -0.25) is 4.79 Å². The maximum Gasteiger partial charge on any atom is 0.248 e. The molecule has 0 bridgehead atoms. The van der Waals surface area contributed by atoms with Gasteiger partial charge in [0.15, 0.2) is 0 Å². The molecule has 92 valence electrons. The number of carbonyl (C=O) groups excluding carboxylic acids is 1. The van der Waals surface area contributed by atoms with Crippen LogP contribution in [-0.2, 0) is 4.79 Å². The van der Waals surface area contributed by atoms with Gasteiger partial charge in [-0.05, 0) is 53.1 Å². The Morgan fingerprint density at radius 2 is 2.22 bits per heavy atom. The fraction of sp³-hybridized carbons (Fsp3) is 0.0714. The Kier molecular flexibility index (Phi) is 4.18. The SMILES string of the molecule is Cc1ccc(Cl)cc1NC(=O)/C=C/c1ccsc1. The normalized spacial score (nSPS) is 10.8. The van der Waals surface area contributed by atoms with Gasteiger partial charge in [-0.15, -0.1) is 0 Å². The quantitative estimate of drug-likeness (QED) is 0.830.